The molecule has 0 unspecified atom stereocenters. The highest BCUT2D eigenvalue weighted by Gasteiger charge is 2.25. The molecule has 0 bridgehead atoms. The number of hydrogen-bond donors (Lipinski definition) is 2. The molecule has 1 aromatic carbocycles. The zero-order valence-electron chi connectivity index (χ0n) is 13.6. The van der Waals surface area contributed by atoms with E-state index >= 15 is 0 Å². The highest BCUT2D eigenvalue weighted by Crippen LogP contribution is 2.38. The molecule has 0 saturated heterocycles. The first kappa shape index (κ1) is 17.0. The van der Waals surface area contributed by atoms with E-state index in [0.29, 0.717) is 16.1 Å². The maximum absolute atomic E-state index is 12.5. The van der Waals surface area contributed by atoms with Crippen LogP contribution in [0.5, 0.6) is 0 Å². The Morgan fingerprint density at radius 1 is 1.21 bits per heavy atom. The van der Waals surface area contributed by atoms with Crippen LogP contribution in [0.1, 0.15) is 49.6 Å². The molecule has 0 radical (unpaired) electrons. The van der Waals surface area contributed by atoms with Crippen molar-refractivity contribution in [3.63, 3.8) is 0 Å². The zero-order chi connectivity index (χ0) is 17.1. The Morgan fingerprint density at radius 3 is 2.58 bits per heavy atom. The van der Waals surface area contributed by atoms with E-state index in [9.17, 15) is 9.59 Å². The molecule has 1 heterocycles. The van der Waals surface area contributed by atoms with Crippen molar-refractivity contribution in [3.8, 4) is 0 Å². The molecular weight excluding hydrogens is 340 g/mol. The van der Waals surface area contributed by atoms with Crippen molar-refractivity contribution < 1.29 is 9.59 Å². The summed E-state index contributed by atoms with van der Waals surface area (Å²) in [7, 11) is 0. The lowest BCUT2D eigenvalue weighted by molar-refractivity contribution is 0.100. The van der Waals surface area contributed by atoms with E-state index in [-0.39, 0.29) is 5.91 Å². The molecule has 24 heavy (non-hydrogen) atoms. The van der Waals surface area contributed by atoms with Gasteiger partial charge in [-0.15, -0.1) is 11.3 Å². The minimum absolute atomic E-state index is 0.202. The van der Waals surface area contributed by atoms with Gasteiger partial charge in [-0.2, -0.15) is 11.8 Å². The van der Waals surface area contributed by atoms with E-state index in [4.69, 9.17) is 5.73 Å². The van der Waals surface area contributed by atoms with E-state index in [0.717, 1.165) is 37.0 Å². The summed E-state index contributed by atoms with van der Waals surface area (Å²) in [6, 6.07) is 7.55. The van der Waals surface area contributed by atoms with Crippen LogP contribution in [0, 0.1) is 0 Å². The summed E-state index contributed by atoms with van der Waals surface area (Å²) in [5.41, 5.74) is 8.87. The lowest BCUT2D eigenvalue weighted by Crippen LogP contribution is -2.18. The van der Waals surface area contributed by atoms with E-state index in [1.54, 1.807) is 11.8 Å². The van der Waals surface area contributed by atoms with Crippen molar-refractivity contribution >= 4 is 39.9 Å². The second kappa shape index (κ2) is 7.40. The third-order valence-corrected chi connectivity index (χ3v) is 6.00. The fourth-order valence-electron chi connectivity index (χ4n) is 3.01. The Bertz CT molecular complexity index is 766. The van der Waals surface area contributed by atoms with Gasteiger partial charge in [0.05, 0.1) is 5.56 Å². The predicted octanol–water partition coefficient (Wildman–Crippen LogP) is 3.84. The number of aryl methyl sites for hydroxylation is 1. The van der Waals surface area contributed by atoms with Gasteiger partial charge in [-0.3, -0.25) is 9.59 Å². The van der Waals surface area contributed by atoms with Gasteiger partial charge < -0.3 is 11.1 Å². The van der Waals surface area contributed by atoms with Crippen LogP contribution in [-0.2, 0) is 18.6 Å². The molecule has 4 nitrogen and oxygen atoms in total. The van der Waals surface area contributed by atoms with Gasteiger partial charge in [-0.25, -0.2) is 0 Å². The Morgan fingerprint density at radius 2 is 1.92 bits per heavy atom. The van der Waals surface area contributed by atoms with Crippen LogP contribution in [0.2, 0.25) is 0 Å². The number of primary amides is 1. The number of carbonyl (C=O) groups is 2. The summed E-state index contributed by atoms with van der Waals surface area (Å²) in [6.07, 6.45) is 6.05. The number of hydrogen-bond acceptors (Lipinski definition) is 4. The molecule has 3 N–H and O–H groups in total. The molecule has 0 aliphatic heterocycles. The van der Waals surface area contributed by atoms with Gasteiger partial charge in [-0.1, -0.05) is 12.1 Å². The van der Waals surface area contributed by atoms with Gasteiger partial charge in [0.15, 0.2) is 0 Å². The molecule has 2 aromatic rings. The minimum Gasteiger partial charge on any atom is -0.365 e. The summed E-state index contributed by atoms with van der Waals surface area (Å²) >= 11 is 3.23. The number of nitrogens with one attached hydrogen (secondary N) is 1. The number of fused-ring (bicyclic) bond motifs is 1. The third kappa shape index (κ3) is 3.49. The molecule has 0 fully saturated rings. The van der Waals surface area contributed by atoms with Crippen molar-refractivity contribution in [2.45, 2.75) is 31.4 Å². The monoisotopic (exact) mass is 360 g/mol. The van der Waals surface area contributed by atoms with Crippen LogP contribution >= 0.6 is 23.1 Å². The van der Waals surface area contributed by atoms with Crippen LogP contribution in [-0.4, -0.2) is 18.1 Å². The Kier molecular flexibility index (Phi) is 5.26. The first-order chi connectivity index (χ1) is 11.6. The van der Waals surface area contributed by atoms with Crippen LogP contribution in [0.25, 0.3) is 0 Å². The van der Waals surface area contributed by atoms with Crippen LogP contribution in [0.4, 0.5) is 5.00 Å². The number of nitrogens with two attached hydrogens (primary N) is 1. The first-order valence-corrected chi connectivity index (χ1v) is 10.1. The largest absolute Gasteiger partial charge is 0.365 e. The molecule has 6 heteroatoms. The van der Waals surface area contributed by atoms with Gasteiger partial charge in [0.2, 0.25) is 0 Å². The first-order valence-electron chi connectivity index (χ1n) is 7.93. The second-order valence-electron chi connectivity index (χ2n) is 5.86. The highest BCUT2D eigenvalue weighted by molar-refractivity contribution is 7.97. The summed E-state index contributed by atoms with van der Waals surface area (Å²) in [4.78, 5) is 25.6. The van der Waals surface area contributed by atoms with Crippen molar-refractivity contribution in [3.05, 3.63) is 51.4 Å². The van der Waals surface area contributed by atoms with Crippen LogP contribution in [0.15, 0.2) is 24.3 Å². The highest BCUT2D eigenvalue weighted by atomic mass is 32.2. The molecule has 0 atom stereocenters. The molecule has 0 spiro atoms. The molecule has 3 rings (SSSR count). The second-order valence-corrected chi connectivity index (χ2v) is 7.83. The van der Waals surface area contributed by atoms with Gasteiger partial charge >= 0.3 is 0 Å². The lowest BCUT2D eigenvalue weighted by Gasteiger charge is -2.11. The molecule has 1 aliphatic carbocycles. The molecule has 1 aliphatic rings. The number of thiophene rings is 1. The normalized spacial score (nSPS) is 13.4. The van der Waals surface area contributed by atoms with E-state index < -0.39 is 5.91 Å². The third-order valence-electron chi connectivity index (χ3n) is 4.17. The van der Waals surface area contributed by atoms with Crippen molar-refractivity contribution in [1.29, 1.82) is 0 Å². The molecule has 2 amide bonds. The number of amides is 2. The molecule has 126 valence electrons. The number of anilines is 1. The van der Waals surface area contributed by atoms with Crippen LogP contribution in [0.3, 0.4) is 0 Å². The summed E-state index contributed by atoms with van der Waals surface area (Å²) in [5, 5.41) is 3.48. The van der Waals surface area contributed by atoms with Crippen molar-refractivity contribution in [1.82, 2.24) is 0 Å². The Labute approximate surface area is 149 Å². The van der Waals surface area contributed by atoms with E-state index in [1.807, 2.05) is 30.5 Å². The lowest BCUT2D eigenvalue weighted by atomic mass is 9.95. The van der Waals surface area contributed by atoms with Gasteiger partial charge in [0.1, 0.15) is 5.00 Å². The topological polar surface area (TPSA) is 72.2 Å². The molecule has 0 saturated carbocycles. The minimum atomic E-state index is -0.458. The Balaban J connectivity index is 1.83. The zero-order valence-corrected chi connectivity index (χ0v) is 15.2. The fourth-order valence-corrected chi connectivity index (χ4v) is 4.82. The van der Waals surface area contributed by atoms with Gasteiger partial charge in [-0.05, 0) is 55.2 Å². The molecular formula is C18H20N2O2S2. The number of benzene rings is 1. The summed E-state index contributed by atoms with van der Waals surface area (Å²) in [6.45, 7) is 0. The maximum Gasteiger partial charge on any atom is 0.256 e. The predicted molar refractivity (Wildman–Crippen MR) is 101 cm³/mol. The quantitative estimate of drug-likeness (QED) is 0.851. The number of carbonyl (C=O) groups excluding carboxylic acids is 2. The summed E-state index contributed by atoms with van der Waals surface area (Å²) < 4.78 is 0. The Hall–Kier alpha value is -1.79. The van der Waals surface area contributed by atoms with Crippen LogP contribution < -0.4 is 11.1 Å². The molecule has 1 aromatic heterocycles. The van der Waals surface area contributed by atoms with E-state index in [1.165, 1.54) is 21.8 Å². The van der Waals surface area contributed by atoms with Gasteiger partial charge in [0.25, 0.3) is 11.8 Å². The van der Waals surface area contributed by atoms with Crippen molar-refractivity contribution in [2.75, 3.05) is 11.6 Å². The summed E-state index contributed by atoms with van der Waals surface area (Å²) in [5.74, 6) is 0.262. The number of thioether (sulfide) groups is 1. The SMILES string of the molecule is CSCc1ccc(C(=O)Nc2sc3c(c2C(N)=O)CCCC3)cc1. The number of rotatable bonds is 5. The maximum atomic E-state index is 12.5. The fraction of sp³-hybridized carbons (Fsp3) is 0.333. The smallest absolute Gasteiger partial charge is 0.256 e. The van der Waals surface area contributed by atoms with Crippen molar-refractivity contribution in [2.24, 2.45) is 5.73 Å². The van der Waals surface area contributed by atoms with Gasteiger partial charge in [0, 0.05) is 16.2 Å². The average Bonchev–Trinajstić information content (AvgIpc) is 2.93. The standard InChI is InChI=1S/C18H20N2O2S2/c1-23-10-11-6-8-12(9-7-11)17(22)20-18-15(16(19)21)13-4-2-3-5-14(13)24-18/h6-9H,2-5,10H2,1H3,(H2,19,21)(H,20,22). The van der Waals surface area contributed by atoms with E-state index in [2.05, 4.69) is 5.32 Å². The average molecular weight is 361 g/mol.